The average molecular weight is 220 g/mol. The summed E-state index contributed by atoms with van der Waals surface area (Å²) in [6.45, 7) is 0. The highest BCUT2D eigenvalue weighted by atomic mass is 19.1. The van der Waals surface area contributed by atoms with Gasteiger partial charge < -0.3 is 11.1 Å². The lowest BCUT2D eigenvalue weighted by Gasteiger charge is -2.08. The number of hydrogen-bond donors (Lipinski definition) is 2. The Kier molecular flexibility index (Phi) is 2.72. The summed E-state index contributed by atoms with van der Waals surface area (Å²) >= 11 is 0. The van der Waals surface area contributed by atoms with Crippen LogP contribution in [0.5, 0.6) is 0 Å². The van der Waals surface area contributed by atoms with Crippen molar-refractivity contribution in [2.24, 2.45) is 0 Å². The van der Waals surface area contributed by atoms with Gasteiger partial charge in [-0.1, -0.05) is 12.1 Å². The van der Waals surface area contributed by atoms with E-state index in [4.69, 9.17) is 5.73 Å². The predicted molar refractivity (Wildman–Crippen MR) is 60.5 cm³/mol. The van der Waals surface area contributed by atoms with E-state index in [0.717, 1.165) is 0 Å². The van der Waals surface area contributed by atoms with E-state index in [1.165, 1.54) is 18.2 Å². The molecule has 0 fully saturated rings. The maximum Gasteiger partial charge on any atom is 0.149 e. The first-order chi connectivity index (χ1) is 7.66. The van der Waals surface area contributed by atoms with Crippen molar-refractivity contribution >= 4 is 17.1 Å². The van der Waals surface area contributed by atoms with Gasteiger partial charge in [-0.15, -0.1) is 0 Å². The van der Waals surface area contributed by atoms with Crippen LogP contribution < -0.4 is 11.1 Å². The topological polar surface area (TPSA) is 38.0 Å². The summed E-state index contributed by atoms with van der Waals surface area (Å²) in [5, 5.41) is 2.65. The molecule has 4 heteroatoms. The molecule has 2 aromatic carbocycles. The zero-order valence-electron chi connectivity index (χ0n) is 8.37. The molecular weight excluding hydrogens is 210 g/mol. The van der Waals surface area contributed by atoms with Crippen molar-refractivity contribution in [2.75, 3.05) is 11.1 Å². The van der Waals surface area contributed by atoms with Crippen LogP contribution in [0.4, 0.5) is 25.8 Å². The standard InChI is InChI=1S/C12H10F2N2/c13-10-5-2-6-11(14)12(10)16-9-4-1-3-8(15)7-9/h1-7,16H,15H2. The van der Waals surface area contributed by atoms with Gasteiger partial charge in [-0.25, -0.2) is 8.78 Å². The Morgan fingerprint density at radius 3 is 2.19 bits per heavy atom. The number of halogens is 2. The smallest absolute Gasteiger partial charge is 0.149 e. The normalized spacial score (nSPS) is 10.1. The molecule has 0 aliphatic rings. The Bertz CT molecular complexity index is 492. The Balaban J connectivity index is 2.34. The van der Waals surface area contributed by atoms with Crippen molar-refractivity contribution in [3.63, 3.8) is 0 Å². The van der Waals surface area contributed by atoms with Crippen molar-refractivity contribution in [3.05, 3.63) is 54.1 Å². The fourth-order valence-corrected chi connectivity index (χ4v) is 1.38. The molecule has 0 amide bonds. The molecule has 16 heavy (non-hydrogen) atoms. The number of nitrogen functional groups attached to an aromatic ring is 1. The lowest BCUT2D eigenvalue weighted by Crippen LogP contribution is -1.97. The minimum absolute atomic E-state index is 0.173. The van der Waals surface area contributed by atoms with Crippen LogP contribution in [0.25, 0.3) is 0 Å². The van der Waals surface area contributed by atoms with Crippen LogP contribution in [0.2, 0.25) is 0 Å². The lowest BCUT2D eigenvalue weighted by atomic mass is 10.2. The number of benzene rings is 2. The largest absolute Gasteiger partial charge is 0.399 e. The third-order valence-electron chi connectivity index (χ3n) is 2.12. The lowest BCUT2D eigenvalue weighted by molar-refractivity contribution is 0.591. The maximum atomic E-state index is 13.3. The molecule has 0 saturated carbocycles. The van der Waals surface area contributed by atoms with Gasteiger partial charge in [0.15, 0.2) is 0 Å². The van der Waals surface area contributed by atoms with Crippen molar-refractivity contribution in [3.8, 4) is 0 Å². The molecule has 0 heterocycles. The molecule has 82 valence electrons. The summed E-state index contributed by atoms with van der Waals surface area (Å²) < 4.78 is 26.6. The van der Waals surface area contributed by atoms with Crippen LogP contribution in [0.1, 0.15) is 0 Å². The predicted octanol–water partition coefficient (Wildman–Crippen LogP) is 3.29. The Hall–Kier alpha value is -2.10. The fraction of sp³-hybridized carbons (Fsp3) is 0. The van der Waals surface area contributed by atoms with E-state index in [0.29, 0.717) is 11.4 Å². The molecule has 2 aromatic rings. The SMILES string of the molecule is Nc1cccc(Nc2c(F)cccc2F)c1. The van der Waals surface area contributed by atoms with E-state index in [2.05, 4.69) is 5.32 Å². The summed E-state index contributed by atoms with van der Waals surface area (Å²) in [4.78, 5) is 0. The van der Waals surface area contributed by atoms with Gasteiger partial charge >= 0.3 is 0 Å². The number of nitrogens with one attached hydrogen (secondary N) is 1. The summed E-state index contributed by atoms with van der Waals surface area (Å²) in [6, 6.07) is 10.4. The third kappa shape index (κ3) is 2.11. The third-order valence-corrected chi connectivity index (χ3v) is 2.12. The minimum atomic E-state index is -0.637. The average Bonchev–Trinajstić information content (AvgIpc) is 2.24. The van der Waals surface area contributed by atoms with E-state index < -0.39 is 11.6 Å². The number of rotatable bonds is 2. The quantitative estimate of drug-likeness (QED) is 0.762. The molecule has 0 atom stereocenters. The van der Waals surface area contributed by atoms with Crippen molar-refractivity contribution in [1.29, 1.82) is 0 Å². The molecular formula is C12H10F2N2. The molecule has 0 radical (unpaired) electrons. The highest BCUT2D eigenvalue weighted by Crippen LogP contribution is 2.23. The van der Waals surface area contributed by atoms with Gasteiger partial charge in [0, 0.05) is 11.4 Å². The summed E-state index contributed by atoms with van der Waals surface area (Å²) in [5.41, 5.74) is 6.46. The van der Waals surface area contributed by atoms with Gasteiger partial charge in [0.1, 0.15) is 17.3 Å². The van der Waals surface area contributed by atoms with E-state index in [-0.39, 0.29) is 5.69 Å². The second kappa shape index (κ2) is 4.18. The first-order valence-electron chi connectivity index (χ1n) is 4.73. The van der Waals surface area contributed by atoms with Gasteiger partial charge in [0.05, 0.1) is 0 Å². The Labute approximate surface area is 91.7 Å². The van der Waals surface area contributed by atoms with Gasteiger partial charge in [-0.2, -0.15) is 0 Å². The first kappa shape index (κ1) is 10.4. The number of para-hydroxylation sites is 1. The molecule has 0 unspecified atom stereocenters. The zero-order chi connectivity index (χ0) is 11.5. The maximum absolute atomic E-state index is 13.3. The highest BCUT2D eigenvalue weighted by Gasteiger charge is 2.07. The molecule has 0 saturated heterocycles. The van der Waals surface area contributed by atoms with E-state index in [1.54, 1.807) is 24.3 Å². The first-order valence-corrected chi connectivity index (χ1v) is 4.73. The van der Waals surface area contributed by atoms with Gasteiger partial charge in [-0.3, -0.25) is 0 Å². The van der Waals surface area contributed by atoms with Gasteiger partial charge in [0.2, 0.25) is 0 Å². The number of hydrogen-bond acceptors (Lipinski definition) is 2. The molecule has 2 rings (SSSR count). The molecule has 0 aliphatic heterocycles. The molecule has 0 spiro atoms. The van der Waals surface area contributed by atoms with E-state index in [1.807, 2.05) is 0 Å². The summed E-state index contributed by atoms with van der Waals surface area (Å²) in [6.07, 6.45) is 0. The molecule has 0 bridgehead atoms. The second-order valence-electron chi connectivity index (χ2n) is 3.35. The van der Waals surface area contributed by atoms with Crippen LogP contribution in [-0.2, 0) is 0 Å². The Morgan fingerprint density at radius 2 is 1.56 bits per heavy atom. The van der Waals surface area contributed by atoms with Crippen molar-refractivity contribution in [2.45, 2.75) is 0 Å². The van der Waals surface area contributed by atoms with Crippen LogP contribution in [0.3, 0.4) is 0 Å². The zero-order valence-corrected chi connectivity index (χ0v) is 8.37. The van der Waals surface area contributed by atoms with E-state index in [9.17, 15) is 8.78 Å². The summed E-state index contributed by atoms with van der Waals surface area (Å²) in [7, 11) is 0. The number of nitrogens with two attached hydrogens (primary N) is 1. The van der Waals surface area contributed by atoms with Crippen LogP contribution in [0, 0.1) is 11.6 Å². The van der Waals surface area contributed by atoms with Crippen LogP contribution in [0.15, 0.2) is 42.5 Å². The summed E-state index contributed by atoms with van der Waals surface area (Å²) in [5.74, 6) is -1.27. The minimum Gasteiger partial charge on any atom is -0.399 e. The van der Waals surface area contributed by atoms with E-state index >= 15 is 0 Å². The van der Waals surface area contributed by atoms with Crippen LogP contribution in [-0.4, -0.2) is 0 Å². The number of anilines is 3. The Morgan fingerprint density at radius 1 is 0.938 bits per heavy atom. The van der Waals surface area contributed by atoms with Crippen molar-refractivity contribution < 1.29 is 8.78 Å². The fourth-order valence-electron chi connectivity index (χ4n) is 1.38. The van der Waals surface area contributed by atoms with Gasteiger partial charge in [-0.05, 0) is 30.3 Å². The molecule has 0 aromatic heterocycles. The monoisotopic (exact) mass is 220 g/mol. The van der Waals surface area contributed by atoms with Crippen LogP contribution >= 0.6 is 0 Å². The second-order valence-corrected chi connectivity index (χ2v) is 3.35. The van der Waals surface area contributed by atoms with Crippen molar-refractivity contribution in [1.82, 2.24) is 0 Å². The molecule has 3 N–H and O–H groups in total. The molecule has 0 aliphatic carbocycles. The molecule has 2 nitrogen and oxygen atoms in total. The highest BCUT2D eigenvalue weighted by molar-refractivity contribution is 5.64. The van der Waals surface area contributed by atoms with Gasteiger partial charge in [0.25, 0.3) is 0 Å².